The number of carbonyl (C=O) groups excluding carboxylic acids is 1. The molecule has 0 atom stereocenters. The predicted molar refractivity (Wildman–Crippen MR) is 61.9 cm³/mol. The molecule has 1 heterocycles. The predicted octanol–water partition coefficient (Wildman–Crippen LogP) is -1.61. The van der Waals surface area contributed by atoms with Gasteiger partial charge in [0.2, 0.25) is 0 Å². The number of nitrogens with zero attached hydrogens (tertiary/aromatic N) is 1. The van der Waals surface area contributed by atoms with Gasteiger partial charge in [0.05, 0.1) is 6.54 Å². The highest BCUT2D eigenvalue weighted by Gasteiger charge is 2.17. The summed E-state index contributed by atoms with van der Waals surface area (Å²) in [7, 11) is 0. The summed E-state index contributed by atoms with van der Waals surface area (Å²) in [6.45, 7) is 3.62. The second-order valence-electron chi connectivity index (χ2n) is 3.21. The van der Waals surface area contributed by atoms with Crippen LogP contribution in [0, 0.1) is 12.3 Å². The highest BCUT2D eigenvalue weighted by molar-refractivity contribution is 6.27. The first kappa shape index (κ1) is 15.7. The van der Waals surface area contributed by atoms with Gasteiger partial charge in [0.1, 0.15) is 0 Å². The Bertz CT molecular complexity index is 338. The van der Waals surface area contributed by atoms with Gasteiger partial charge < -0.3 is 25.7 Å². The number of urea groups is 1. The molecular weight excluding hydrogens is 242 g/mol. The third-order valence-corrected chi connectivity index (χ3v) is 1.91. The van der Waals surface area contributed by atoms with Crippen molar-refractivity contribution in [1.29, 1.82) is 0 Å². The Balaban J connectivity index is 0.000000411. The lowest BCUT2D eigenvalue weighted by Gasteiger charge is -2.13. The molecule has 8 heteroatoms. The standard InChI is InChI=1S/C8H13N3O.C2H2O4/c1-2-3-9-4-6-11-7-5-10-8(11)12;3-1(4)2(5)6/h1,9H,3-7H2,(H,10,12);(H,3,4)(H,5,6). The Hall–Kier alpha value is -2.27. The van der Waals surface area contributed by atoms with Crippen LogP contribution in [0.3, 0.4) is 0 Å². The molecule has 0 aromatic rings. The van der Waals surface area contributed by atoms with Crippen LogP contribution >= 0.6 is 0 Å². The number of hydrogen-bond acceptors (Lipinski definition) is 4. The number of carboxylic acid groups (broad SMARTS) is 2. The van der Waals surface area contributed by atoms with Crippen LogP contribution in [-0.2, 0) is 9.59 Å². The SMILES string of the molecule is C#CCNCCN1CCNC1=O.O=C(O)C(=O)O. The van der Waals surface area contributed by atoms with Crippen molar-refractivity contribution in [3.8, 4) is 12.3 Å². The van der Waals surface area contributed by atoms with Crippen molar-refractivity contribution in [2.75, 3.05) is 32.7 Å². The maximum Gasteiger partial charge on any atom is 0.414 e. The van der Waals surface area contributed by atoms with Gasteiger partial charge in [-0.3, -0.25) is 0 Å². The molecular formula is C10H15N3O5. The zero-order valence-electron chi connectivity index (χ0n) is 9.68. The highest BCUT2D eigenvalue weighted by atomic mass is 16.4. The molecule has 100 valence electrons. The van der Waals surface area contributed by atoms with Crippen molar-refractivity contribution in [3.05, 3.63) is 0 Å². The van der Waals surface area contributed by atoms with E-state index >= 15 is 0 Å². The van der Waals surface area contributed by atoms with Crippen molar-refractivity contribution in [2.24, 2.45) is 0 Å². The summed E-state index contributed by atoms with van der Waals surface area (Å²) in [5.41, 5.74) is 0. The average molecular weight is 257 g/mol. The molecule has 0 unspecified atom stereocenters. The Morgan fingerprint density at radius 1 is 1.44 bits per heavy atom. The van der Waals surface area contributed by atoms with Gasteiger partial charge in [0.25, 0.3) is 0 Å². The summed E-state index contributed by atoms with van der Waals surface area (Å²) in [6.07, 6.45) is 5.04. The van der Waals surface area contributed by atoms with Gasteiger partial charge in [0, 0.05) is 26.2 Å². The number of carbonyl (C=O) groups is 3. The number of terminal acetylenes is 1. The van der Waals surface area contributed by atoms with E-state index in [0.29, 0.717) is 6.54 Å². The van der Waals surface area contributed by atoms with Gasteiger partial charge >= 0.3 is 18.0 Å². The summed E-state index contributed by atoms with van der Waals surface area (Å²) in [6, 6.07) is 0.0255. The first-order valence-corrected chi connectivity index (χ1v) is 5.12. The molecule has 1 fully saturated rings. The number of hydrogen-bond donors (Lipinski definition) is 4. The molecule has 18 heavy (non-hydrogen) atoms. The van der Waals surface area contributed by atoms with Gasteiger partial charge in [-0.05, 0) is 0 Å². The number of rotatable bonds is 4. The number of carboxylic acids is 2. The normalized spacial score (nSPS) is 13.1. The van der Waals surface area contributed by atoms with Crippen LogP contribution in [-0.4, -0.2) is 65.8 Å². The molecule has 0 aliphatic carbocycles. The molecule has 0 bridgehead atoms. The summed E-state index contributed by atoms with van der Waals surface area (Å²) >= 11 is 0. The quantitative estimate of drug-likeness (QED) is 0.273. The molecule has 0 aromatic carbocycles. The van der Waals surface area contributed by atoms with Crippen LogP contribution in [0.2, 0.25) is 0 Å². The van der Waals surface area contributed by atoms with Gasteiger partial charge in [-0.1, -0.05) is 5.92 Å². The summed E-state index contributed by atoms with van der Waals surface area (Å²) < 4.78 is 0. The second-order valence-corrected chi connectivity index (χ2v) is 3.21. The van der Waals surface area contributed by atoms with E-state index in [1.165, 1.54) is 0 Å². The molecule has 0 aromatic heterocycles. The highest BCUT2D eigenvalue weighted by Crippen LogP contribution is 1.93. The lowest BCUT2D eigenvalue weighted by atomic mass is 10.5. The minimum absolute atomic E-state index is 0.0255. The van der Waals surface area contributed by atoms with Crippen LogP contribution in [0.4, 0.5) is 4.79 Å². The smallest absolute Gasteiger partial charge is 0.414 e. The number of aliphatic carboxylic acids is 2. The van der Waals surface area contributed by atoms with Crippen LogP contribution in [0.5, 0.6) is 0 Å². The van der Waals surface area contributed by atoms with Crippen LogP contribution < -0.4 is 10.6 Å². The van der Waals surface area contributed by atoms with Gasteiger partial charge in [0.15, 0.2) is 0 Å². The van der Waals surface area contributed by atoms with Crippen molar-refractivity contribution in [3.63, 3.8) is 0 Å². The van der Waals surface area contributed by atoms with Crippen molar-refractivity contribution >= 4 is 18.0 Å². The number of nitrogens with one attached hydrogen (secondary N) is 2. The van der Waals surface area contributed by atoms with E-state index in [-0.39, 0.29) is 6.03 Å². The third kappa shape index (κ3) is 7.08. The minimum atomic E-state index is -1.82. The lowest BCUT2D eigenvalue weighted by molar-refractivity contribution is -0.159. The summed E-state index contributed by atoms with van der Waals surface area (Å²) in [5.74, 6) is -1.17. The zero-order valence-corrected chi connectivity index (χ0v) is 9.68. The molecule has 8 nitrogen and oxygen atoms in total. The van der Waals surface area contributed by atoms with Crippen LogP contribution in [0.25, 0.3) is 0 Å². The summed E-state index contributed by atoms with van der Waals surface area (Å²) in [4.78, 5) is 31.0. The van der Waals surface area contributed by atoms with Crippen molar-refractivity contribution < 1.29 is 24.6 Å². The largest absolute Gasteiger partial charge is 0.473 e. The fourth-order valence-electron chi connectivity index (χ4n) is 1.10. The Morgan fingerprint density at radius 3 is 2.44 bits per heavy atom. The van der Waals surface area contributed by atoms with E-state index in [4.69, 9.17) is 26.2 Å². The van der Waals surface area contributed by atoms with Crippen molar-refractivity contribution in [1.82, 2.24) is 15.5 Å². The Morgan fingerprint density at radius 2 is 2.06 bits per heavy atom. The van der Waals surface area contributed by atoms with E-state index in [2.05, 4.69) is 16.6 Å². The molecule has 0 radical (unpaired) electrons. The van der Waals surface area contributed by atoms with Crippen molar-refractivity contribution in [2.45, 2.75) is 0 Å². The average Bonchev–Trinajstić information content (AvgIpc) is 2.71. The van der Waals surface area contributed by atoms with E-state index < -0.39 is 11.9 Å². The lowest BCUT2D eigenvalue weighted by Crippen LogP contribution is -2.34. The second kappa shape index (κ2) is 8.83. The van der Waals surface area contributed by atoms with Crippen LogP contribution in [0.1, 0.15) is 0 Å². The summed E-state index contributed by atoms with van der Waals surface area (Å²) in [5, 5.41) is 20.5. The van der Waals surface area contributed by atoms with Crippen LogP contribution in [0.15, 0.2) is 0 Å². The number of amides is 2. The zero-order chi connectivity index (χ0) is 14.0. The molecule has 0 spiro atoms. The maximum absolute atomic E-state index is 11.0. The molecule has 1 saturated heterocycles. The topological polar surface area (TPSA) is 119 Å². The molecule has 2 amide bonds. The Kier molecular flexibility index (Phi) is 7.72. The van der Waals surface area contributed by atoms with Gasteiger partial charge in [-0.15, -0.1) is 6.42 Å². The first-order chi connectivity index (χ1) is 8.49. The molecule has 1 aliphatic rings. The monoisotopic (exact) mass is 257 g/mol. The molecule has 4 N–H and O–H groups in total. The van der Waals surface area contributed by atoms with E-state index in [1.807, 2.05) is 0 Å². The molecule has 1 rings (SSSR count). The van der Waals surface area contributed by atoms with Gasteiger partial charge in [-0.2, -0.15) is 0 Å². The molecule has 0 saturated carbocycles. The fraction of sp³-hybridized carbons (Fsp3) is 0.500. The van der Waals surface area contributed by atoms with E-state index in [9.17, 15) is 4.79 Å². The van der Waals surface area contributed by atoms with Gasteiger partial charge in [-0.25, -0.2) is 14.4 Å². The maximum atomic E-state index is 11.0. The molecule has 1 aliphatic heterocycles. The minimum Gasteiger partial charge on any atom is -0.473 e. The Labute approximate surface area is 104 Å². The third-order valence-electron chi connectivity index (χ3n) is 1.91. The van der Waals surface area contributed by atoms with E-state index in [1.54, 1.807) is 4.90 Å². The first-order valence-electron chi connectivity index (χ1n) is 5.12. The fourth-order valence-corrected chi connectivity index (χ4v) is 1.10. The van der Waals surface area contributed by atoms with E-state index in [0.717, 1.165) is 26.2 Å².